The van der Waals surface area contributed by atoms with Crippen LogP contribution < -0.4 is 10.6 Å². The van der Waals surface area contributed by atoms with Gasteiger partial charge in [0.15, 0.2) is 0 Å². The van der Waals surface area contributed by atoms with Crippen LogP contribution in [-0.4, -0.2) is 28.0 Å². The molecule has 1 aromatic heterocycles. The molecule has 1 heterocycles. The summed E-state index contributed by atoms with van der Waals surface area (Å²) in [6.45, 7) is 6.35. The quantitative estimate of drug-likeness (QED) is 0.852. The molecule has 0 bridgehead atoms. The Balaban J connectivity index is 2.02. The Hall–Kier alpha value is -1.88. The Kier molecular flexibility index (Phi) is 4.63. The van der Waals surface area contributed by atoms with Gasteiger partial charge in [-0.05, 0) is 44.5 Å². The summed E-state index contributed by atoms with van der Waals surface area (Å²) in [6.07, 6.45) is 0.368. The predicted octanol–water partition coefficient (Wildman–Crippen LogP) is 3.00. The molecule has 1 aromatic carbocycles. The normalized spacial score (nSPS) is 11.4. The minimum Gasteiger partial charge on any atom is -0.369 e. The highest BCUT2D eigenvalue weighted by molar-refractivity contribution is 6.28. The zero-order chi connectivity index (χ0) is 15.5. The number of para-hydroxylation sites is 1. The molecule has 0 saturated carbocycles. The van der Waals surface area contributed by atoms with E-state index in [0.717, 1.165) is 10.9 Å². The first-order valence-corrected chi connectivity index (χ1v) is 7.20. The third-order valence-electron chi connectivity index (χ3n) is 2.73. The molecule has 0 atom stereocenters. The molecule has 0 spiro atoms. The number of rotatable bonds is 4. The number of anilines is 1. The van der Waals surface area contributed by atoms with Crippen molar-refractivity contribution in [2.24, 2.45) is 0 Å². The number of hydrogen-bond acceptors (Lipinski definition) is 4. The maximum atomic E-state index is 11.8. The fraction of sp³-hybridized carbons (Fsp3) is 0.400. The molecule has 5 nitrogen and oxygen atoms in total. The Labute approximate surface area is 129 Å². The van der Waals surface area contributed by atoms with E-state index < -0.39 is 0 Å². The van der Waals surface area contributed by atoms with Crippen molar-refractivity contribution >= 4 is 34.2 Å². The van der Waals surface area contributed by atoms with E-state index >= 15 is 0 Å². The molecular formula is C15H19ClN4O. The van der Waals surface area contributed by atoms with E-state index in [9.17, 15) is 4.79 Å². The van der Waals surface area contributed by atoms with Gasteiger partial charge in [-0.15, -0.1) is 0 Å². The number of aromatic nitrogens is 2. The maximum absolute atomic E-state index is 11.8. The van der Waals surface area contributed by atoms with Crippen LogP contribution in [0.25, 0.3) is 10.9 Å². The van der Waals surface area contributed by atoms with E-state index in [2.05, 4.69) is 20.6 Å². The summed E-state index contributed by atoms with van der Waals surface area (Å²) in [5.74, 6) is 0.647. The molecule has 21 heavy (non-hydrogen) atoms. The van der Waals surface area contributed by atoms with Crippen molar-refractivity contribution in [2.75, 3.05) is 11.9 Å². The monoisotopic (exact) mass is 306 g/mol. The number of amides is 1. The summed E-state index contributed by atoms with van der Waals surface area (Å²) in [6, 6.07) is 7.60. The first-order chi connectivity index (χ1) is 9.85. The molecule has 2 aromatic rings. The zero-order valence-electron chi connectivity index (χ0n) is 12.4. The summed E-state index contributed by atoms with van der Waals surface area (Å²) >= 11 is 5.91. The van der Waals surface area contributed by atoms with Crippen LogP contribution in [0.2, 0.25) is 5.28 Å². The molecule has 2 rings (SSSR count). The lowest BCUT2D eigenvalue weighted by Gasteiger charge is -2.20. The van der Waals surface area contributed by atoms with Crippen LogP contribution in [0, 0.1) is 0 Å². The summed E-state index contributed by atoms with van der Waals surface area (Å²) < 4.78 is 0. The predicted molar refractivity (Wildman–Crippen MR) is 85.6 cm³/mol. The number of halogens is 1. The Morgan fingerprint density at radius 2 is 1.95 bits per heavy atom. The number of nitrogens with one attached hydrogen (secondary N) is 2. The van der Waals surface area contributed by atoms with Crippen molar-refractivity contribution in [2.45, 2.75) is 32.7 Å². The highest BCUT2D eigenvalue weighted by Gasteiger charge is 2.13. The molecular weight excluding hydrogens is 288 g/mol. The minimum absolute atomic E-state index is 0.000501. The van der Waals surface area contributed by atoms with Crippen LogP contribution in [0.5, 0.6) is 0 Å². The molecule has 112 valence electrons. The fourth-order valence-electron chi connectivity index (χ4n) is 1.96. The van der Waals surface area contributed by atoms with E-state index in [1.54, 1.807) is 0 Å². The van der Waals surface area contributed by atoms with E-state index in [-0.39, 0.29) is 16.7 Å². The number of hydrogen-bond donors (Lipinski definition) is 2. The standard InChI is InChI=1S/C15H19ClN4O/c1-15(2,3)20-12(21)8-9-17-13-10-6-4-5-7-11(10)18-14(16)19-13/h4-7H,8-9H2,1-3H3,(H,20,21)(H,17,18,19). The number of fused-ring (bicyclic) bond motifs is 1. The highest BCUT2D eigenvalue weighted by Crippen LogP contribution is 2.21. The lowest BCUT2D eigenvalue weighted by molar-refractivity contribution is -0.122. The van der Waals surface area contributed by atoms with Gasteiger partial charge in [0.05, 0.1) is 5.52 Å². The van der Waals surface area contributed by atoms with Gasteiger partial charge < -0.3 is 10.6 Å². The third-order valence-corrected chi connectivity index (χ3v) is 2.90. The molecule has 6 heteroatoms. The largest absolute Gasteiger partial charge is 0.369 e. The van der Waals surface area contributed by atoms with Crippen LogP contribution in [0.3, 0.4) is 0 Å². The molecule has 0 aliphatic rings. The highest BCUT2D eigenvalue weighted by atomic mass is 35.5. The average molecular weight is 307 g/mol. The smallest absolute Gasteiger partial charge is 0.224 e. The van der Waals surface area contributed by atoms with Crippen molar-refractivity contribution in [3.63, 3.8) is 0 Å². The van der Waals surface area contributed by atoms with Gasteiger partial charge >= 0.3 is 0 Å². The van der Waals surface area contributed by atoms with E-state index in [4.69, 9.17) is 11.6 Å². The van der Waals surface area contributed by atoms with Crippen LogP contribution in [0.1, 0.15) is 27.2 Å². The van der Waals surface area contributed by atoms with Gasteiger partial charge in [-0.3, -0.25) is 4.79 Å². The summed E-state index contributed by atoms with van der Waals surface area (Å²) in [5, 5.41) is 7.14. The van der Waals surface area contributed by atoms with Gasteiger partial charge in [-0.25, -0.2) is 9.97 Å². The zero-order valence-corrected chi connectivity index (χ0v) is 13.2. The molecule has 0 aliphatic heterocycles. The molecule has 0 saturated heterocycles. The second kappa shape index (κ2) is 6.26. The van der Waals surface area contributed by atoms with Crippen LogP contribution in [0.4, 0.5) is 5.82 Å². The van der Waals surface area contributed by atoms with Gasteiger partial charge in [-0.1, -0.05) is 12.1 Å². The number of benzene rings is 1. The van der Waals surface area contributed by atoms with E-state index in [0.29, 0.717) is 18.8 Å². The molecule has 0 fully saturated rings. The molecule has 0 aliphatic carbocycles. The van der Waals surface area contributed by atoms with Crippen LogP contribution >= 0.6 is 11.6 Å². The number of nitrogens with zero attached hydrogens (tertiary/aromatic N) is 2. The second-order valence-corrected chi connectivity index (χ2v) is 6.17. The average Bonchev–Trinajstić information content (AvgIpc) is 2.36. The Morgan fingerprint density at radius 3 is 2.67 bits per heavy atom. The van der Waals surface area contributed by atoms with Crippen LogP contribution in [0.15, 0.2) is 24.3 Å². The van der Waals surface area contributed by atoms with Crippen LogP contribution in [-0.2, 0) is 4.79 Å². The summed E-state index contributed by atoms with van der Waals surface area (Å²) in [7, 11) is 0. The van der Waals surface area contributed by atoms with Crippen molar-refractivity contribution in [3.8, 4) is 0 Å². The fourth-order valence-corrected chi connectivity index (χ4v) is 2.13. The third kappa shape index (κ3) is 4.56. The van der Waals surface area contributed by atoms with Gasteiger partial charge in [0.25, 0.3) is 0 Å². The minimum atomic E-state index is -0.220. The summed E-state index contributed by atoms with van der Waals surface area (Å²) in [4.78, 5) is 20.1. The van der Waals surface area contributed by atoms with Gasteiger partial charge in [0.1, 0.15) is 5.82 Å². The van der Waals surface area contributed by atoms with Gasteiger partial charge in [0, 0.05) is 23.9 Å². The van der Waals surface area contributed by atoms with Crippen molar-refractivity contribution in [1.82, 2.24) is 15.3 Å². The maximum Gasteiger partial charge on any atom is 0.224 e. The molecule has 1 amide bonds. The lowest BCUT2D eigenvalue weighted by Crippen LogP contribution is -2.41. The van der Waals surface area contributed by atoms with Gasteiger partial charge in [0.2, 0.25) is 11.2 Å². The van der Waals surface area contributed by atoms with Crippen molar-refractivity contribution in [3.05, 3.63) is 29.5 Å². The first-order valence-electron chi connectivity index (χ1n) is 6.82. The van der Waals surface area contributed by atoms with E-state index in [1.807, 2.05) is 45.0 Å². The SMILES string of the molecule is CC(C)(C)NC(=O)CCNc1nc(Cl)nc2ccccc12. The molecule has 0 unspecified atom stereocenters. The number of carbonyl (C=O) groups excluding carboxylic acids is 1. The Morgan fingerprint density at radius 1 is 1.24 bits per heavy atom. The number of carbonyl (C=O) groups is 1. The summed E-state index contributed by atoms with van der Waals surface area (Å²) in [5.41, 5.74) is 0.557. The van der Waals surface area contributed by atoms with Gasteiger partial charge in [-0.2, -0.15) is 0 Å². The second-order valence-electron chi connectivity index (χ2n) is 5.83. The first kappa shape index (κ1) is 15.5. The lowest BCUT2D eigenvalue weighted by atomic mass is 10.1. The molecule has 0 radical (unpaired) electrons. The van der Waals surface area contributed by atoms with Crippen molar-refractivity contribution < 1.29 is 4.79 Å². The van der Waals surface area contributed by atoms with E-state index in [1.165, 1.54) is 0 Å². The van der Waals surface area contributed by atoms with Crippen molar-refractivity contribution in [1.29, 1.82) is 0 Å². The topological polar surface area (TPSA) is 66.9 Å². The Bertz CT molecular complexity index is 652. The molecule has 2 N–H and O–H groups in total.